The van der Waals surface area contributed by atoms with Gasteiger partial charge in [0.25, 0.3) is 0 Å². The number of hydrogen-bond acceptors (Lipinski definition) is 3. The first-order chi connectivity index (χ1) is 9.81. The Bertz CT molecular complexity index is 661. The molecule has 2 aromatic carbocycles. The number of nitrogens with zero attached hydrogens (tertiary/aromatic N) is 1. The van der Waals surface area contributed by atoms with Crippen LogP contribution in [0.15, 0.2) is 53.7 Å². The molecule has 0 saturated carbocycles. The van der Waals surface area contributed by atoms with Crippen LogP contribution >= 0.6 is 11.8 Å². The molecule has 5 heteroatoms. The maximum Gasteiger partial charge on any atom is 0.166 e. The summed E-state index contributed by atoms with van der Waals surface area (Å²) < 4.78 is 12.8. The van der Waals surface area contributed by atoms with Gasteiger partial charge >= 0.3 is 0 Å². The van der Waals surface area contributed by atoms with E-state index in [1.54, 1.807) is 23.9 Å². The number of thioether (sulfide) groups is 1. The zero-order valence-electron chi connectivity index (χ0n) is 10.8. The van der Waals surface area contributed by atoms with E-state index in [0.717, 1.165) is 34.2 Å². The highest BCUT2D eigenvalue weighted by Gasteiger charge is 2.02. The van der Waals surface area contributed by atoms with Gasteiger partial charge < -0.3 is 10.3 Å². The minimum absolute atomic E-state index is 0.216. The van der Waals surface area contributed by atoms with Crippen LogP contribution in [0.3, 0.4) is 0 Å². The largest absolute Gasteiger partial charge is 0.384 e. The molecule has 0 aliphatic rings. The monoisotopic (exact) mass is 287 g/mol. The molecule has 3 aromatic rings. The molecule has 20 heavy (non-hydrogen) atoms. The first-order valence-electron chi connectivity index (χ1n) is 6.38. The van der Waals surface area contributed by atoms with Gasteiger partial charge in [0, 0.05) is 18.0 Å². The summed E-state index contributed by atoms with van der Waals surface area (Å²) in [5.74, 6) is 0.671. The number of imidazole rings is 1. The van der Waals surface area contributed by atoms with Gasteiger partial charge in [-0.3, -0.25) is 0 Å². The molecule has 2 N–H and O–H groups in total. The van der Waals surface area contributed by atoms with Crippen molar-refractivity contribution in [2.45, 2.75) is 5.16 Å². The molecule has 0 aliphatic heterocycles. The lowest BCUT2D eigenvalue weighted by Crippen LogP contribution is -2.03. The third-order valence-electron chi connectivity index (χ3n) is 2.88. The van der Waals surface area contributed by atoms with Crippen molar-refractivity contribution in [1.29, 1.82) is 0 Å². The van der Waals surface area contributed by atoms with Gasteiger partial charge in [-0.15, -0.1) is 0 Å². The normalized spacial score (nSPS) is 10.8. The van der Waals surface area contributed by atoms with Crippen LogP contribution in [0.1, 0.15) is 0 Å². The van der Waals surface area contributed by atoms with Crippen molar-refractivity contribution >= 4 is 28.5 Å². The van der Waals surface area contributed by atoms with E-state index in [-0.39, 0.29) is 5.82 Å². The van der Waals surface area contributed by atoms with Crippen LogP contribution in [-0.2, 0) is 0 Å². The van der Waals surface area contributed by atoms with Crippen molar-refractivity contribution in [2.75, 3.05) is 17.6 Å². The van der Waals surface area contributed by atoms with Crippen LogP contribution < -0.4 is 5.32 Å². The zero-order chi connectivity index (χ0) is 13.8. The summed E-state index contributed by atoms with van der Waals surface area (Å²) >= 11 is 1.67. The molecular formula is C15H14FN3S. The Morgan fingerprint density at radius 2 is 1.90 bits per heavy atom. The van der Waals surface area contributed by atoms with Crippen LogP contribution in [0.2, 0.25) is 0 Å². The van der Waals surface area contributed by atoms with Crippen LogP contribution in [0.5, 0.6) is 0 Å². The molecule has 102 valence electrons. The number of aromatic nitrogens is 2. The smallest absolute Gasteiger partial charge is 0.166 e. The van der Waals surface area contributed by atoms with Gasteiger partial charge in [0.1, 0.15) is 5.82 Å². The number of rotatable bonds is 5. The molecule has 0 spiro atoms. The molecule has 0 atom stereocenters. The van der Waals surface area contributed by atoms with Gasteiger partial charge in [0.15, 0.2) is 5.16 Å². The second-order valence-corrected chi connectivity index (χ2v) is 5.42. The third kappa shape index (κ3) is 3.11. The fraction of sp³-hybridized carbons (Fsp3) is 0.133. The SMILES string of the molecule is Fc1ccc(NCCSc2nc3ccccc3[nH]2)cc1. The molecule has 0 radical (unpaired) electrons. The molecule has 0 unspecified atom stereocenters. The van der Waals surface area contributed by atoms with Crippen molar-refractivity contribution in [2.24, 2.45) is 0 Å². The van der Waals surface area contributed by atoms with Gasteiger partial charge in [-0.1, -0.05) is 23.9 Å². The fourth-order valence-electron chi connectivity index (χ4n) is 1.91. The van der Waals surface area contributed by atoms with Gasteiger partial charge in [0.2, 0.25) is 0 Å². The second-order valence-electron chi connectivity index (χ2n) is 4.34. The van der Waals surface area contributed by atoms with E-state index in [2.05, 4.69) is 15.3 Å². The first kappa shape index (κ1) is 13.0. The summed E-state index contributed by atoms with van der Waals surface area (Å²) in [6.45, 7) is 0.799. The summed E-state index contributed by atoms with van der Waals surface area (Å²) in [6, 6.07) is 14.4. The number of nitrogens with one attached hydrogen (secondary N) is 2. The van der Waals surface area contributed by atoms with E-state index >= 15 is 0 Å². The van der Waals surface area contributed by atoms with Crippen molar-refractivity contribution in [3.63, 3.8) is 0 Å². The van der Waals surface area contributed by atoms with Crippen molar-refractivity contribution in [1.82, 2.24) is 9.97 Å². The van der Waals surface area contributed by atoms with Gasteiger partial charge in [-0.25, -0.2) is 9.37 Å². The lowest BCUT2D eigenvalue weighted by atomic mass is 10.3. The van der Waals surface area contributed by atoms with Crippen LogP contribution in [0.25, 0.3) is 11.0 Å². The topological polar surface area (TPSA) is 40.7 Å². The predicted octanol–water partition coefficient (Wildman–Crippen LogP) is 3.91. The quantitative estimate of drug-likeness (QED) is 0.552. The highest BCUT2D eigenvalue weighted by molar-refractivity contribution is 7.99. The molecule has 1 aromatic heterocycles. The number of H-pyrrole nitrogens is 1. The molecule has 1 heterocycles. The summed E-state index contributed by atoms with van der Waals surface area (Å²) in [5.41, 5.74) is 2.97. The molecule has 0 bridgehead atoms. The van der Waals surface area contributed by atoms with E-state index < -0.39 is 0 Å². The van der Waals surface area contributed by atoms with Crippen LogP contribution in [0, 0.1) is 5.82 Å². The lowest BCUT2D eigenvalue weighted by molar-refractivity contribution is 0.628. The third-order valence-corrected chi connectivity index (χ3v) is 3.76. The Labute approximate surface area is 120 Å². The zero-order valence-corrected chi connectivity index (χ0v) is 11.6. The summed E-state index contributed by atoms with van der Waals surface area (Å²) in [5, 5.41) is 4.17. The van der Waals surface area contributed by atoms with E-state index in [4.69, 9.17) is 0 Å². The van der Waals surface area contributed by atoms with Crippen LogP contribution in [0.4, 0.5) is 10.1 Å². The fourth-order valence-corrected chi connectivity index (χ4v) is 2.65. The van der Waals surface area contributed by atoms with E-state index in [1.165, 1.54) is 12.1 Å². The van der Waals surface area contributed by atoms with Gasteiger partial charge in [-0.05, 0) is 36.4 Å². The van der Waals surface area contributed by atoms with Crippen molar-refractivity contribution in [3.8, 4) is 0 Å². The molecule has 3 nitrogen and oxygen atoms in total. The number of fused-ring (bicyclic) bond motifs is 1. The lowest BCUT2D eigenvalue weighted by Gasteiger charge is -2.04. The minimum atomic E-state index is -0.216. The van der Waals surface area contributed by atoms with Crippen molar-refractivity contribution in [3.05, 3.63) is 54.3 Å². The molecule has 0 fully saturated rings. The Kier molecular flexibility index (Phi) is 3.87. The Hall–Kier alpha value is -2.01. The number of benzene rings is 2. The van der Waals surface area contributed by atoms with E-state index in [1.807, 2.05) is 24.3 Å². The highest BCUT2D eigenvalue weighted by Crippen LogP contribution is 2.19. The summed E-state index contributed by atoms with van der Waals surface area (Å²) in [6.07, 6.45) is 0. The number of aromatic amines is 1. The Balaban J connectivity index is 1.51. The van der Waals surface area contributed by atoms with Crippen molar-refractivity contribution < 1.29 is 4.39 Å². The average molecular weight is 287 g/mol. The van der Waals surface area contributed by atoms with Gasteiger partial charge in [-0.2, -0.15) is 0 Å². The molecule has 0 saturated heterocycles. The van der Waals surface area contributed by atoms with E-state index in [0.29, 0.717) is 0 Å². The minimum Gasteiger partial charge on any atom is -0.384 e. The predicted molar refractivity (Wildman–Crippen MR) is 81.7 cm³/mol. The number of anilines is 1. The standard InChI is InChI=1S/C15H14FN3S/c16-11-5-7-12(8-6-11)17-9-10-20-15-18-13-3-1-2-4-14(13)19-15/h1-8,17H,9-10H2,(H,18,19). The second kappa shape index (κ2) is 5.96. The number of hydrogen-bond donors (Lipinski definition) is 2. The summed E-state index contributed by atoms with van der Waals surface area (Å²) in [7, 11) is 0. The molecule has 0 amide bonds. The van der Waals surface area contributed by atoms with Gasteiger partial charge in [0.05, 0.1) is 11.0 Å². The molecule has 3 rings (SSSR count). The molecular weight excluding hydrogens is 273 g/mol. The van der Waals surface area contributed by atoms with E-state index in [9.17, 15) is 4.39 Å². The number of halogens is 1. The maximum atomic E-state index is 12.8. The van der Waals surface area contributed by atoms with Crippen LogP contribution in [-0.4, -0.2) is 22.3 Å². The first-order valence-corrected chi connectivity index (χ1v) is 7.37. The number of para-hydroxylation sites is 2. The highest BCUT2D eigenvalue weighted by atomic mass is 32.2. The Morgan fingerprint density at radius 3 is 2.70 bits per heavy atom. The Morgan fingerprint density at radius 1 is 1.10 bits per heavy atom. The molecule has 0 aliphatic carbocycles. The average Bonchev–Trinajstić information content (AvgIpc) is 2.88. The maximum absolute atomic E-state index is 12.8. The summed E-state index contributed by atoms with van der Waals surface area (Å²) in [4.78, 5) is 7.78.